The summed E-state index contributed by atoms with van der Waals surface area (Å²) in [7, 11) is -3.08. The molecular weight excluding hydrogens is 154 g/mol. The summed E-state index contributed by atoms with van der Waals surface area (Å²) in [4.78, 5) is 0. The van der Waals surface area contributed by atoms with Gasteiger partial charge in [-0.15, -0.1) is 0 Å². The van der Waals surface area contributed by atoms with E-state index in [-0.39, 0.29) is 6.23 Å². The van der Waals surface area contributed by atoms with Crippen molar-refractivity contribution in [3.8, 4) is 0 Å². The Balaban J connectivity index is 2.38. The van der Waals surface area contributed by atoms with Crippen LogP contribution in [0.5, 0.6) is 0 Å². The zero-order valence-electron chi connectivity index (χ0n) is 5.83. The Hall–Kier alpha value is -0.130. The lowest BCUT2D eigenvalue weighted by molar-refractivity contribution is 0.103. The molecule has 0 saturated carbocycles. The highest BCUT2D eigenvalue weighted by molar-refractivity contribution is 7.88. The van der Waals surface area contributed by atoms with Gasteiger partial charge in [0.05, 0.1) is 6.26 Å². The van der Waals surface area contributed by atoms with E-state index in [1.807, 2.05) is 0 Å². The van der Waals surface area contributed by atoms with Crippen molar-refractivity contribution in [1.82, 2.24) is 4.72 Å². The van der Waals surface area contributed by atoms with Gasteiger partial charge in [-0.25, -0.2) is 8.42 Å². The van der Waals surface area contributed by atoms with Crippen LogP contribution in [0.15, 0.2) is 0 Å². The Morgan fingerprint density at radius 3 is 2.70 bits per heavy atom. The van der Waals surface area contributed by atoms with Gasteiger partial charge in [0.2, 0.25) is 10.0 Å². The summed E-state index contributed by atoms with van der Waals surface area (Å²) in [5.74, 6) is 0. The number of sulfonamides is 1. The predicted octanol–water partition coefficient (Wildman–Crippen LogP) is -0.328. The van der Waals surface area contributed by atoms with Gasteiger partial charge in [0.15, 0.2) is 0 Å². The van der Waals surface area contributed by atoms with Crippen molar-refractivity contribution < 1.29 is 13.2 Å². The number of hydrogen-bond donors (Lipinski definition) is 1. The maximum atomic E-state index is 10.6. The van der Waals surface area contributed by atoms with Crippen molar-refractivity contribution in [3.05, 3.63) is 0 Å². The normalized spacial score (nSPS) is 27.1. The highest BCUT2D eigenvalue weighted by Gasteiger charge is 2.18. The fraction of sp³-hybridized carbons (Fsp3) is 1.00. The van der Waals surface area contributed by atoms with Gasteiger partial charge in [-0.05, 0) is 12.8 Å². The average Bonchev–Trinajstić information content (AvgIpc) is 2.12. The molecule has 1 fully saturated rings. The van der Waals surface area contributed by atoms with Gasteiger partial charge in [-0.2, -0.15) is 4.72 Å². The average molecular weight is 165 g/mol. The van der Waals surface area contributed by atoms with Crippen molar-refractivity contribution in [1.29, 1.82) is 0 Å². The van der Waals surface area contributed by atoms with E-state index in [0.717, 1.165) is 19.1 Å². The number of ether oxygens (including phenoxy) is 1. The Morgan fingerprint density at radius 2 is 2.30 bits per heavy atom. The number of rotatable bonds is 2. The van der Waals surface area contributed by atoms with Crippen LogP contribution in [0, 0.1) is 0 Å². The Labute approximate surface area is 60.6 Å². The molecule has 1 saturated heterocycles. The molecule has 5 heteroatoms. The first-order chi connectivity index (χ1) is 4.58. The molecule has 10 heavy (non-hydrogen) atoms. The molecular formula is C5H11NO3S. The van der Waals surface area contributed by atoms with Crippen LogP contribution < -0.4 is 4.72 Å². The Kier molecular flexibility index (Phi) is 2.28. The summed E-state index contributed by atoms with van der Waals surface area (Å²) >= 11 is 0. The molecule has 0 aromatic rings. The SMILES string of the molecule is CS(=O)(=O)N[C@@H]1CCCO1. The molecule has 1 atom stereocenters. The number of hydrogen-bond acceptors (Lipinski definition) is 3. The van der Waals surface area contributed by atoms with Gasteiger partial charge in [0, 0.05) is 6.61 Å². The molecule has 0 unspecified atom stereocenters. The second-order valence-electron chi connectivity index (χ2n) is 2.39. The first-order valence-electron chi connectivity index (χ1n) is 3.17. The van der Waals surface area contributed by atoms with Crippen molar-refractivity contribution >= 4 is 10.0 Å². The fourth-order valence-electron chi connectivity index (χ4n) is 0.909. The van der Waals surface area contributed by atoms with Gasteiger partial charge in [0.25, 0.3) is 0 Å². The molecule has 0 spiro atoms. The van der Waals surface area contributed by atoms with E-state index in [1.54, 1.807) is 0 Å². The van der Waals surface area contributed by atoms with Crippen LogP contribution in [-0.4, -0.2) is 27.5 Å². The first-order valence-corrected chi connectivity index (χ1v) is 5.06. The van der Waals surface area contributed by atoms with Gasteiger partial charge >= 0.3 is 0 Å². The van der Waals surface area contributed by atoms with Crippen molar-refractivity contribution in [3.63, 3.8) is 0 Å². The molecule has 1 aliphatic rings. The molecule has 1 heterocycles. The standard InChI is InChI=1S/C5H11NO3S/c1-10(7,8)6-5-3-2-4-9-5/h5-6H,2-4H2,1H3/t5-/m0/s1. The van der Waals surface area contributed by atoms with E-state index in [0.29, 0.717) is 6.61 Å². The monoisotopic (exact) mass is 165 g/mol. The van der Waals surface area contributed by atoms with E-state index >= 15 is 0 Å². The predicted molar refractivity (Wildman–Crippen MR) is 37.0 cm³/mol. The maximum Gasteiger partial charge on any atom is 0.210 e. The quantitative estimate of drug-likeness (QED) is 0.609. The second-order valence-corrected chi connectivity index (χ2v) is 4.17. The summed E-state index contributed by atoms with van der Waals surface area (Å²) in [6.07, 6.45) is 2.57. The third-order valence-corrected chi connectivity index (χ3v) is 1.97. The smallest absolute Gasteiger partial charge is 0.210 e. The molecule has 1 rings (SSSR count). The highest BCUT2D eigenvalue weighted by Crippen LogP contribution is 2.09. The molecule has 1 N–H and O–H groups in total. The van der Waals surface area contributed by atoms with E-state index in [1.165, 1.54) is 0 Å². The van der Waals surface area contributed by atoms with Crippen molar-refractivity contribution in [2.45, 2.75) is 19.1 Å². The number of nitrogens with one attached hydrogen (secondary N) is 1. The zero-order valence-corrected chi connectivity index (χ0v) is 6.65. The third-order valence-electron chi connectivity index (χ3n) is 1.28. The molecule has 4 nitrogen and oxygen atoms in total. The summed E-state index contributed by atoms with van der Waals surface area (Å²) in [5, 5.41) is 0. The molecule has 0 amide bonds. The molecule has 0 aromatic carbocycles. The largest absolute Gasteiger partial charge is 0.362 e. The van der Waals surface area contributed by atoms with Crippen LogP contribution in [0.2, 0.25) is 0 Å². The van der Waals surface area contributed by atoms with Gasteiger partial charge in [0.1, 0.15) is 6.23 Å². The van der Waals surface area contributed by atoms with Gasteiger partial charge in [-0.1, -0.05) is 0 Å². The molecule has 0 bridgehead atoms. The summed E-state index contributed by atoms with van der Waals surface area (Å²) in [6.45, 7) is 0.660. The van der Waals surface area contributed by atoms with Gasteiger partial charge in [-0.3, -0.25) is 0 Å². The lowest BCUT2D eigenvalue weighted by Gasteiger charge is -2.08. The fourth-order valence-corrected chi connectivity index (χ4v) is 1.57. The maximum absolute atomic E-state index is 10.6. The van der Waals surface area contributed by atoms with E-state index in [4.69, 9.17) is 4.74 Å². The summed E-state index contributed by atoms with van der Waals surface area (Å²) in [5.41, 5.74) is 0. The minimum atomic E-state index is -3.08. The lowest BCUT2D eigenvalue weighted by atomic mass is 10.3. The highest BCUT2D eigenvalue weighted by atomic mass is 32.2. The van der Waals surface area contributed by atoms with Gasteiger partial charge < -0.3 is 4.74 Å². The zero-order chi connectivity index (χ0) is 7.61. The molecule has 1 aliphatic heterocycles. The molecule has 60 valence electrons. The van der Waals surface area contributed by atoms with Crippen LogP contribution in [0.25, 0.3) is 0 Å². The van der Waals surface area contributed by atoms with E-state index in [2.05, 4.69) is 4.72 Å². The molecule has 0 aromatic heterocycles. The van der Waals surface area contributed by atoms with Crippen molar-refractivity contribution in [2.75, 3.05) is 12.9 Å². The van der Waals surface area contributed by atoms with E-state index in [9.17, 15) is 8.42 Å². The lowest BCUT2D eigenvalue weighted by Crippen LogP contribution is -2.32. The van der Waals surface area contributed by atoms with Crippen LogP contribution in [0.4, 0.5) is 0 Å². The first kappa shape index (κ1) is 7.97. The van der Waals surface area contributed by atoms with Crippen LogP contribution in [-0.2, 0) is 14.8 Å². The molecule has 0 aliphatic carbocycles. The minimum absolute atomic E-state index is 0.282. The summed E-state index contributed by atoms with van der Waals surface area (Å²) < 4.78 is 28.6. The van der Waals surface area contributed by atoms with E-state index < -0.39 is 10.0 Å². The minimum Gasteiger partial charge on any atom is -0.362 e. The Morgan fingerprint density at radius 1 is 1.60 bits per heavy atom. The van der Waals surface area contributed by atoms with Crippen LogP contribution in [0.3, 0.4) is 0 Å². The molecule has 0 radical (unpaired) electrons. The second kappa shape index (κ2) is 2.86. The van der Waals surface area contributed by atoms with Crippen LogP contribution >= 0.6 is 0 Å². The third kappa shape index (κ3) is 2.64. The topological polar surface area (TPSA) is 55.4 Å². The van der Waals surface area contributed by atoms with Crippen LogP contribution in [0.1, 0.15) is 12.8 Å². The van der Waals surface area contributed by atoms with Crippen molar-refractivity contribution in [2.24, 2.45) is 0 Å². The Bertz CT molecular complexity index is 193. The summed E-state index contributed by atoms with van der Waals surface area (Å²) in [6, 6.07) is 0.